The van der Waals surface area contributed by atoms with Crippen molar-refractivity contribution in [3.8, 4) is 11.8 Å². The SMILES string of the molecule is CC(Nc1c(F)cccc1Cl)c1ccc(OCC#N)cc1. The second-order valence-corrected chi connectivity index (χ2v) is 4.89. The van der Waals surface area contributed by atoms with Crippen LogP contribution in [0.25, 0.3) is 0 Å². The second-order valence-electron chi connectivity index (χ2n) is 4.48. The third kappa shape index (κ3) is 3.87. The van der Waals surface area contributed by atoms with Crippen molar-refractivity contribution in [2.75, 3.05) is 11.9 Å². The van der Waals surface area contributed by atoms with Crippen LogP contribution in [-0.4, -0.2) is 6.61 Å². The molecule has 0 aliphatic rings. The van der Waals surface area contributed by atoms with Crippen LogP contribution in [0.4, 0.5) is 10.1 Å². The normalized spacial score (nSPS) is 11.5. The highest BCUT2D eigenvalue weighted by molar-refractivity contribution is 6.33. The van der Waals surface area contributed by atoms with E-state index in [0.29, 0.717) is 10.8 Å². The third-order valence-electron chi connectivity index (χ3n) is 3.01. The molecular formula is C16H14ClFN2O. The Balaban J connectivity index is 2.10. The summed E-state index contributed by atoms with van der Waals surface area (Å²) < 4.78 is 18.9. The first-order chi connectivity index (χ1) is 10.1. The molecule has 2 aromatic rings. The molecule has 108 valence electrons. The van der Waals surface area contributed by atoms with Crippen LogP contribution >= 0.6 is 11.6 Å². The number of halogens is 2. The van der Waals surface area contributed by atoms with Gasteiger partial charge in [-0.15, -0.1) is 0 Å². The lowest BCUT2D eigenvalue weighted by Crippen LogP contribution is -2.08. The van der Waals surface area contributed by atoms with Gasteiger partial charge >= 0.3 is 0 Å². The van der Waals surface area contributed by atoms with Gasteiger partial charge in [0, 0.05) is 6.04 Å². The number of nitrogens with one attached hydrogen (secondary N) is 1. The fraction of sp³-hybridized carbons (Fsp3) is 0.188. The van der Waals surface area contributed by atoms with Crippen LogP contribution < -0.4 is 10.1 Å². The van der Waals surface area contributed by atoms with Crippen LogP contribution in [0.1, 0.15) is 18.5 Å². The summed E-state index contributed by atoms with van der Waals surface area (Å²) in [7, 11) is 0. The Hall–Kier alpha value is -2.25. The first kappa shape index (κ1) is 15.1. The highest BCUT2D eigenvalue weighted by Gasteiger charge is 2.11. The predicted molar refractivity (Wildman–Crippen MR) is 81.0 cm³/mol. The summed E-state index contributed by atoms with van der Waals surface area (Å²) in [5.41, 5.74) is 1.25. The Morgan fingerprint density at radius 1 is 1.29 bits per heavy atom. The van der Waals surface area contributed by atoms with Crippen molar-refractivity contribution in [3.05, 3.63) is 58.9 Å². The lowest BCUT2D eigenvalue weighted by atomic mass is 10.1. The molecule has 2 aromatic carbocycles. The summed E-state index contributed by atoms with van der Waals surface area (Å²) in [6, 6.07) is 13.6. The van der Waals surface area contributed by atoms with Gasteiger partial charge in [-0.25, -0.2) is 4.39 Å². The van der Waals surface area contributed by atoms with E-state index in [1.807, 2.05) is 25.1 Å². The minimum atomic E-state index is -0.386. The molecule has 1 N–H and O–H groups in total. The number of anilines is 1. The summed E-state index contributed by atoms with van der Waals surface area (Å²) in [6.07, 6.45) is 0. The topological polar surface area (TPSA) is 45.0 Å². The fourth-order valence-corrected chi connectivity index (χ4v) is 2.12. The zero-order valence-corrected chi connectivity index (χ0v) is 12.2. The number of rotatable bonds is 5. The number of hydrogen-bond donors (Lipinski definition) is 1. The minimum absolute atomic E-state index is 0.0119. The van der Waals surface area contributed by atoms with Gasteiger partial charge in [-0.05, 0) is 36.8 Å². The second kappa shape index (κ2) is 6.96. The van der Waals surface area contributed by atoms with Crippen LogP contribution in [-0.2, 0) is 0 Å². The number of nitrogens with zero attached hydrogens (tertiary/aromatic N) is 1. The molecule has 0 heterocycles. The number of ether oxygens (including phenoxy) is 1. The number of para-hydroxylation sites is 1. The van der Waals surface area contributed by atoms with E-state index < -0.39 is 0 Å². The lowest BCUT2D eigenvalue weighted by Gasteiger charge is -2.17. The van der Waals surface area contributed by atoms with Crippen molar-refractivity contribution in [2.24, 2.45) is 0 Å². The molecule has 1 atom stereocenters. The Labute approximate surface area is 127 Å². The van der Waals surface area contributed by atoms with Gasteiger partial charge in [0.2, 0.25) is 0 Å². The van der Waals surface area contributed by atoms with Gasteiger partial charge in [-0.2, -0.15) is 5.26 Å². The lowest BCUT2D eigenvalue weighted by molar-refractivity contribution is 0.368. The molecular weight excluding hydrogens is 291 g/mol. The van der Waals surface area contributed by atoms with E-state index in [1.165, 1.54) is 6.07 Å². The van der Waals surface area contributed by atoms with Crippen molar-refractivity contribution in [1.82, 2.24) is 0 Å². The zero-order valence-electron chi connectivity index (χ0n) is 11.4. The van der Waals surface area contributed by atoms with Crippen molar-refractivity contribution in [2.45, 2.75) is 13.0 Å². The van der Waals surface area contributed by atoms with Gasteiger partial charge in [-0.1, -0.05) is 29.8 Å². The van der Waals surface area contributed by atoms with E-state index in [0.717, 1.165) is 5.56 Å². The van der Waals surface area contributed by atoms with Crippen molar-refractivity contribution >= 4 is 17.3 Å². The van der Waals surface area contributed by atoms with Crippen LogP contribution in [0.5, 0.6) is 5.75 Å². The van der Waals surface area contributed by atoms with Gasteiger partial charge in [0.1, 0.15) is 17.6 Å². The Bertz CT molecular complexity index is 632. The molecule has 0 amide bonds. The minimum Gasteiger partial charge on any atom is -0.479 e. The molecule has 0 radical (unpaired) electrons. The quantitative estimate of drug-likeness (QED) is 0.881. The highest BCUT2D eigenvalue weighted by Crippen LogP contribution is 2.29. The average molecular weight is 305 g/mol. The summed E-state index contributed by atoms with van der Waals surface area (Å²) in [6.45, 7) is 1.92. The molecule has 0 aliphatic carbocycles. The standard InChI is InChI=1S/C16H14ClFN2O/c1-11(20-16-14(17)3-2-4-15(16)18)12-5-7-13(8-6-12)21-10-9-19/h2-8,11,20H,10H2,1H3. The average Bonchev–Trinajstić information content (AvgIpc) is 2.49. The fourth-order valence-electron chi connectivity index (χ4n) is 1.90. The Morgan fingerprint density at radius 3 is 2.62 bits per heavy atom. The summed E-state index contributed by atoms with van der Waals surface area (Å²) in [5, 5.41) is 11.9. The monoisotopic (exact) mass is 304 g/mol. The van der Waals surface area contributed by atoms with Crippen LogP contribution in [0.2, 0.25) is 5.02 Å². The van der Waals surface area contributed by atoms with E-state index in [-0.39, 0.29) is 24.2 Å². The van der Waals surface area contributed by atoms with Gasteiger partial charge in [-0.3, -0.25) is 0 Å². The predicted octanol–water partition coefficient (Wildman–Crippen LogP) is 4.55. The van der Waals surface area contributed by atoms with Gasteiger partial charge in [0.25, 0.3) is 0 Å². The number of benzene rings is 2. The number of hydrogen-bond acceptors (Lipinski definition) is 3. The van der Waals surface area contributed by atoms with E-state index in [2.05, 4.69) is 5.32 Å². The van der Waals surface area contributed by atoms with Crippen LogP contribution in [0, 0.1) is 17.1 Å². The molecule has 0 saturated heterocycles. The van der Waals surface area contributed by atoms with Crippen molar-refractivity contribution < 1.29 is 9.13 Å². The third-order valence-corrected chi connectivity index (χ3v) is 3.32. The van der Waals surface area contributed by atoms with E-state index >= 15 is 0 Å². The molecule has 5 heteroatoms. The summed E-state index contributed by atoms with van der Waals surface area (Å²) >= 11 is 5.99. The zero-order chi connectivity index (χ0) is 15.2. The Kier molecular flexibility index (Phi) is 5.02. The van der Waals surface area contributed by atoms with Gasteiger partial charge < -0.3 is 10.1 Å². The molecule has 0 aliphatic heterocycles. The van der Waals surface area contributed by atoms with Crippen molar-refractivity contribution in [3.63, 3.8) is 0 Å². The molecule has 0 saturated carbocycles. The molecule has 1 unspecified atom stereocenters. The largest absolute Gasteiger partial charge is 0.479 e. The smallest absolute Gasteiger partial charge is 0.174 e. The van der Waals surface area contributed by atoms with E-state index in [1.54, 1.807) is 24.3 Å². The van der Waals surface area contributed by atoms with Gasteiger partial charge in [0.15, 0.2) is 6.61 Å². The first-order valence-corrected chi connectivity index (χ1v) is 6.80. The maximum absolute atomic E-state index is 13.7. The molecule has 2 rings (SSSR count). The molecule has 0 fully saturated rings. The summed E-state index contributed by atoms with van der Waals surface area (Å²) in [5.74, 6) is 0.236. The van der Waals surface area contributed by atoms with Crippen LogP contribution in [0.15, 0.2) is 42.5 Å². The maximum atomic E-state index is 13.7. The highest BCUT2D eigenvalue weighted by atomic mass is 35.5. The van der Waals surface area contributed by atoms with Crippen LogP contribution in [0.3, 0.4) is 0 Å². The molecule has 0 aromatic heterocycles. The molecule has 0 bridgehead atoms. The van der Waals surface area contributed by atoms with Crippen molar-refractivity contribution in [1.29, 1.82) is 5.26 Å². The number of nitriles is 1. The Morgan fingerprint density at radius 2 is 2.00 bits per heavy atom. The van der Waals surface area contributed by atoms with Gasteiger partial charge in [0.05, 0.1) is 10.7 Å². The maximum Gasteiger partial charge on any atom is 0.174 e. The molecule has 3 nitrogen and oxygen atoms in total. The van der Waals surface area contributed by atoms with E-state index in [4.69, 9.17) is 21.6 Å². The first-order valence-electron chi connectivity index (χ1n) is 6.42. The summed E-state index contributed by atoms with van der Waals surface area (Å²) in [4.78, 5) is 0. The molecule has 21 heavy (non-hydrogen) atoms. The molecule has 0 spiro atoms. The van der Waals surface area contributed by atoms with E-state index in [9.17, 15) is 4.39 Å².